The largest absolute Gasteiger partial charge is 0.416 e. The van der Waals surface area contributed by atoms with Gasteiger partial charge in [-0.25, -0.2) is 14.2 Å². The predicted octanol–water partition coefficient (Wildman–Crippen LogP) is 4.25. The van der Waals surface area contributed by atoms with Gasteiger partial charge in [0.25, 0.3) is 5.91 Å². The third kappa shape index (κ3) is 5.56. The smallest absolute Gasteiger partial charge is 0.364 e. The second kappa shape index (κ2) is 8.82. The number of amides is 3. The molecule has 4 N–H and O–H groups in total. The van der Waals surface area contributed by atoms with Gasteiger partial charge in [-0.1, -0.05) is 24.3 Å². The van der Waals surface area contributed by atoms with Crippen molar-refractivity contribution in [3.63, 3.8) is 0 Å². The molecule has 3 rings (SSSR count). The predicted molar refractivity (Wildman–Crippen MR) is 105 cm³/mol. The average molecular weight is 432 g/mol. The first-order chi connectivity index (χ1) is 14.6. The van der Waals surface area contributed by atoms with E-state index in [1.54, 1.807) is 0 Å². The molecule has 0 aliphatic carbocycles. The molecule has 31 heavy (non-hydrogen) atoms. The van der Waals surface area contributed by atoms with Crippen molar-refractivity contribution in [1.82, 2.24) is 10.3 Å². The first-order valence-electron chi connectivity index (χ1n) is 8.89. The third-order valence-electron chi connectivity index (χ3n) is 4.30. The van der Waals surface area contributed by atoms with Gasteiger partial charge in [0.05, 0.1) is 23.5 Å². The number of halogens is 4. The number of hydrogen-bond donors (Lipinski definition) is 3. The van der Waals surface area contributed by atoms with Crippen molar-refractivity contribution in [2.45, 2.75) is 12.2 Å². The number of pyridine rings is 1. The maximum atomic E-state index is 13.3. The first-order valence-corrected chi connectivity index (χ1v) is 8.89. The van der Waals surface area contributed by atoms with Crippen molar-refractivity contribution < 1.29 is 27.2 Å². The number of nitrogens with two attached hydrogens (primary N) is 1. The summed E-state index contributed by atoms with van der Waals surface area (Å²) in [4.78, 5) is 27.4. The average Bonchev–Trinajstić information content (AvgIpc) is 2.72. The molecule has 1 unspecified atom stereocenters. The van der Waals surface area contributed by atoms with Crippen LogP contribution < -0.4 is 16.4 Å². The van der Waals surface area contributed by atoms with E-state index in [2.05, 4.69) is 15.6 Å². The fourth-order valence-electron chi connectivity index (χ4n) is 2.82. The number of hydrogen-bond acceptors (Lipinski definition) is 3. The zero-order valence-electron chi connectivity index (χ0n) is 15.8. The van der Waals surface area contributed by atoms with Gasteiger partial charge in [0.15, 0.2) is 0 Å². The van der Waals surface area contributed by atoms with Crippen LogP contribution in [0.3, 0.4) is 0 Å². The summed E-state index contributed by atoms with van der Waals surface area (Å²) in [5.41, 5.74) is 4.97. The fraction of sp³-hybridized carbons (Fsp3) is 0.0952. The summed E-state index contributed by atoms with van der Waals surface area (Å²) >= 11 is 0. The Hall–Kier alpha value is -3.95. The minimum absolute atomic E-state index is 0.000822. The van der Waals surface area contributed by atoms with E-state index < -0.39 is 35.5 Å². The van der Waals surface area contributed by atoms with Gasteiger partial charge >= 0.3 is 12.2 Å². The molecule has 160 valence electrons. The van der Waals surface area contributed by atoms with Gasteiger partial charge in [-0.3, -0.25) is 4.79 Å². The molecule has 0 fully saturated rings. The fourth-order valence-corrected chi connectivity index (χ4v) is 2.82. The number of urea groups is 1. The number of carbonyl (C=O) groups is 2. The minimum Gasteiger partial charge on any atom is -0.364 e. The summed E-state index contributed by atoms with van der Waals surface area (Å²) in [6.07, 6.45) is -3.36. The number of nitrogens with one attached hydrogen (secondary N) is 2. The molecule has 2 aromatic carbocycles. The molecule has 0 bridgehead atoms. The number of aromatic nitrogens is 1. The lowest BCUT2D eigenvalue weighted by atomic mass is 9.97. The summed E-state index contributed by atoms with van der Waals surface area (Å²) in [5.74, 6) is -1.27. The monoisotopic (exact) mass is 432 g/mol. The van der Waals surface area contributed by atoms with E-state index in [1.807, 2.05) is 0 Å². The highest BCUT2D eigenvalue weighted by Gasteiger charge is 2.31. The summed E-state index contributed by atoms with van der Waals surface area (Å²) in [7, 11) is 0. The van der Waals surface area contributed by atoms with Gasteiger partial charge in [0, 0.05) is 0 Å². The van der Waals surface area contributed by atoms with Crippen LogP contribution in [0.4, 0.5) is 28.0 Å². The van der Waals surface area contributed by atoms with Gasteiger partial charge < -0.3 is 16.4 Å². The third-order valence-corrected chi connectivity index (χ3v) is 4.30. The number of anilines is 1. The molecular weight excluding hydrogens is 416 g/mol. The molecule has 0 radical (unpaired) electrons. The molecule has 0 saturated carbocycles. The molecule has 1 heterocycles. The lowest BCUT2D eigenvalue weighted by Gasteiger charge is -2.21. The molecule has 1 atom stereocenters. The van der Waals surface area contributed by atoms with Crippen LogP contribution in [-0.2, 0) is 6.18 Å². The molecule has 3 aromatic rings. The number of benzene rings is 2. The number of primary amides is 1. The standard InChI is InChI=1S/C21H16F4N4O2/c22-15-6-4-12(5-7-15)18(13-2-1-3-14(10-13)21(23,24)25)29-20(31)28-16-8-9-17(19(26)30)27-11-16/h1-11,18H,(H2,26,30)(H2,28,29,31). The second-order valence-corrected chi connectivity index (χ2v) is 6.50. The topological polar surface area (TPSA) is 97.1 Å². The molecule has 0 aliphatic rings. The van der Waals surface area contributed by atoms with Gasteiger partial charge in [-0.05, 0) is 47.5 Å². The highest BCUT2D eigenvalue weighted by molar-refractivity contribution is 5.92. The van der Waals surface area contributed by atoms with E-state index in [1.165, 1.54) is 42.6 Å². The van der Waals surface area contributed by atoms with E-state index in [-0.39, 0.29) is 16.9 Å². The first kappa shape index (κ1) is 21.8. The number of carbonyl (C=O) groups excluding carboxylic acids is 2. The van der Waals surface area contributed by atoms with Crippen molar-refractivity contribution in [3.05, 3.63) is 95.1 Å². The van der Waals surface area contributed by atoms with Crippen LogP contribution in [0.15, 0.2) is 66.9 Å². The molecule has 0 spiro atoms. The van der Waals surface area contributed by atoms with Crippen LogP contribution in [-0.4, -0.2) is 16.9 Å². The van der Waals surface area contributed by atoms with E-state index in [9.17, 15) is 27.2 Å². The Morgan fingerprint density at radius 3 is 2.26 bits per heavy atom. The zero-order chi connectivity index (χ0) is 22.6. The highest BCUT2D eigenvalue weighted by Crippen LogP contribution is 2.32. The summed E-state index contributed by atoms with van der Waals surface area (Å²) in [6, 6.07) is 10.4. The molecule has 0 aliphatic heterocycles. The normalized spacial score (nSPS) is 12.1. The Morgan fingerprint density at radius 1 is 0.968 bits per heavy atom. The van der Waals surface area contributed by atoms with Crippen molar-refractivity contribution in [2.24, 2.45) is 5.73 Å². The highest BCUT2D eigenvalue weighted by atomic mass is 19.4. The van der Waals surface area contributed by atoms with Gasteiger partial charge in [-0.15, -0.1) is 0 Å². The summed E-state index contributed by atoms with van der Waals surface area (Å²) in [6.45, 7) is 0. The van der Waals surface area contributed by atoms with Crippen LogP contribution in [0.2, 0.25) is 0 Å². The molecule has 1 aromatic heterocycles. The van der Waals surface area contributed by atoms with Gasteiger partial charge in [0.1, 0.15) is 11.5 Å². The number of nitrogens with zero attached hydrogens (tertiary/aromatic N) is 1. The van der Waals surface area contributed by atoms with Crippen LogP contribution in [0.25, 0.3) is 0 Å². The van der Waals surface area contributed by atoms with Crippen LogP contribution >= 0.6 is 0 Å². The molecule has 0 saturated heterocycles. The number of alkyl halides is 3. The lowest BCUT2D eigenvalue weighted by Crippen LogP contribution is -2.33. The number of rotatable bonds is 5. The van der Waals surface area contributed by atoms with E-state index in [0.29, 0.717) is 5.56 Å². The molecular formula is C21H16F4N4O2. The van der Waals surface area contributed by atoms with E-state index in [4.69, 9.17) is 5.73 Å². The minimum atomic E-state index is -4.57. The zero-order valence-corrected chi connectivity index (χ0v) is 15.8. The molecule has 3 amide bonds. The van der Waals surface area contributed by atoms with Crippen LogP contribution in [0.1, 0.15) is 33.2 Å². The molecule has 10 heteroatoms. The SMILES string of the molecule is NC(=O)c1ccc(NC(=O)NC(c2ccc(F)cc2)c2cccc(C(F)(F)F)c2)cn1. The lowest BCUT2D eigenvalue weighted by molar-refractivity contribution is -0.137. The van der Waals surface area contributed by atoms with Gasteiger partial charge in [-0.2, -0.15) is 13.2 Å². The van der Waals surface area contributed by atoms with Crippen LogP contribution in [0.5, 0.6) is 0 Å². The Kier molecular flexibility index (Phi) is 6.19. The quantitative estimate of drug-likeness (QED) is 0.526. The van der Waals surface area contributed by atoms with Crippen molar-refractivity contribution in [2.75, 3.05) is 5.32 Å². The molecule has 6 nitrogen and oxygen atoms in total. The Balaban J connectivity index is 1.87. The Bertz CT molecular complexity index is 1080. The Labute approximate surface area is 174 Å². The Morgan fingerprint density at radius 2 is 1.68 bits per heavy atom. The van der Waals surface area contributed by atoms with E-state index >= 15 is 0 Å². The van der Waals surface area contributed by atoms with Crippen molar-refractivity contribution >= 4 is 17.6 Å². The van der Waals surface area contributed by atoms with Gasteiger partial charge in [0.2, 0.25) is 0 Å². The second-order valence-electron chi connectivity index (χ2n) is 6.50. The van der Waals surface area contributed by atoms with Crippen molar-refractivity contribution in [1.29, 1.82) is 0 Å². The van der Waals surface area contributed by atoms with E-state index in [0.717, 1.165) is 24.3 Å². The van der Waals surface area contributed by atoms with Crippen LogP contribution in [0, 0.1) is 5.82 Å². The maximum Gasteiger partial charge on any atom is 0.416 e. The van der Waals surface area contributed by atoms with Crippen molar-refractivity contribution in [3.8, 4) is 0 Å². The summed E-state index contributed by atoms with van der Waals surface area (Å²) < 4.78 is 52.7. The summed E-state index contributed by atoms with van der Waals surface area (Å²) in [5, 5.41) is 5.05. The maximum absolute atomic E-state index is 13.3.